The third kappa shape index (κ3) is 3.40. The number of benzene rings is 2. The molecule has 0 N–H and O–H groups in total. The number of carbonyl (C=O) groups is 1. The van der Waals surface area contributed by atoms with Crippen LogP contribution in [0.15, 0.2) is 30.6 Å². The maximum Gasteiger partial charge on any atom is 0.339 e. The van der Waals surface area contributed by atoms with Gasteiger partial charge in [-0.05, 0) is 41.8 Å². The van der Waals surface area contributed by atoms with E-state index in [9.17, 15) is 4.79 Å². The van der Waals surface area contributed by atoms with Crippen LogP contribution in [0.2, 0.25) is 0 Å². The summed E-state index contributed by atoms with van der Waals surface area (Å²) in [4.78, 5) is 24.0. The molecule has 8 heteroatoms. The first-order chi connectivity index (χ1) is 15.6. The summed E-state index contributed by atoms with van der Waals surface area (Å²) < 4.78 is 21.8. The van der Waals surface area contributed by atoms with E-state index in [1.54, 1.807) is 26.6 Å². The van der Waals surface area contributed by atoms with Gasteiger partial charge in [-0.25, -0.2) is 14.8 Å². The van der Waals surface area contributed by atoms with Crippen molar-refractivity contribution in [3.05, 3.63) is 41.7 Å². The highest BCUT2D eigenvalue weighted by atomic mass is 16.5. The first-order valence-electron chi connectivity index (χ1n) is 10.6. The lowest BCUT2D eigenvalue weighted by Gasteiger charge is -2.31. The molecule has 0 spiro atoms. The molecule has 0 bridgehead atoms. The number of hydrogen-bond donors (Lipinski definition) is 0. The molecule has 2 aromatic carbocycles. The Kier molecular flexibility index (Phi) is 5.30. The molecule has 1 saturated heterocycles. The molecule has 2 aliphatic heterocycles. The maximum absolute atomic E-state index is 12.6. The summed E-state index contributed by atoms with van der Waals surface area (Å²) in [6, 6.07) is 6.12. The molecule has 0 unspecified atom stereocenters. The summed E-state index contributed by atoms with van der Waals surface area (Å²) in [7, 11) is 5.20. The fraction of sp³-hybridized carbons (Fsp3) is 0.375. The zero-order valence-corrected chi connectivity index (χ0v) is 18.4. The Bertz CT molecular complexity index is 1170. The Labute approximate surface area is 186 Å². The number of esters is 1. The largest absolute Gasteiger partial charge is 0.493 e. The number of methoxy groups -OCH3 is 2. The van der Waals surface area contributed by atoms with Gasteiger partial charge in [0.05, 0.1) is 19.8 Å². The van der Waals surface area contributed by atoms with Gasteiger partial charge in [-0.3, -0.25) is 0 Å². The third-order valence-corrected chi connectivity index (χ3v) is 6.27. The molecule has 32 heavy (non-hydrogen) atoms. The molecule has 1 fully saturated rings. The fourth-order valence-electron chi connectivity index (χ4n) is 4.52. The first kappa shape index (κ1) is 20.5. The van der Waals surface area contributed by atoms with E-state index in [4.69, 9.17) is 18.9 Å². The number of anilines is 1. The zero-order valence-electron chi connectivity index (χ0n) is 18.4. The predicted octanol–water partition coefficient (Wildman–Crippen LogP) is 3.60. The standard InChI is InChI=1S/C24H25N3O5/c1-27(17-4-6-31-7-5-17)24-25-11-16(12-26-24)21-18-10-20(30-3)19(29-2)9-14(18)8-15-13-32-23(28)22(15)21/h8-12,17H,4-7,13H2,1-3H3. The average Bonchev–Trinajstić information content (AvgIpc) is 3.21. The monoisotopic (exact) mass is 435 g/mol. The Morgan fingerprint density at radius 3 is 2.38 bits per heavy atom. The average molecular weight is 435 g/mol. The van der Waals surface area contributed by atoms with Crippen LogP contribution in [-0.4, -0.2) is 56.5 Å². The zero-order chi connectivity index (χ0) is 22.2. The summed E-state index contributed by atoms with van der Waals surface area (Å²) in [5, 5.41) is 1.78. The number of fused-ring (bicyclic) bond motifs is 2. The molecule has 0 amide bonds. The van der Waals surface area contributed by atoms with Gasteiger partial charge in [0.25, 0.3) is 0 Å². The summed E-state index contributed by atoms with van der Waals surface area (Å²) in [5.74, 6) is 1.53. The van der Waals surface area contributed by atoms with Crippen LogP contribution in [0.1, 0.15) is 28.8 Å². The number of hydrogen-bond acceptors (Lipinski definition) is 8. The van der Waals surface area contributed by atoms with Gasteiger partial charge in [0.2, 0.25) is 5.95 Å². The van der Waals surface area contributed by atoms with Crippen LogP contribution in [0.25, 0.3) is 21.9 Å². The Morgan fingerprint density at radius 2 is 1.69 bits per heavy atom. The van der Waals surface area contributed by atoms with Crippen molar-refractivity contribution in [2.24, 2.45) is 0 Å². The van der Waals surface area contributed by atoms with Gasteiger partial charge in [-0.1, -0.05) is 0 Å². The Balaban J connectivity index is 1.62. The Hall–Kier alpha value is -3.39. The fourth-order valence-corrected chi connectivity index (χ4v) is 4.52. The highest BCUT2D eigenvalue weighted by Crippen LogP contribution is 2.42. The molecular formula is C24H25N3O5. The molecule has 0 atom stereocenters. The van der Waals surface area contributed by atoms with Crippen molar-refractivity contribution in [1.29, 1.82) is 0 Å². The summed E-state index contributed by atoms with van der Waals surface area (Å²) in [6.45, 7) is 1.75. The molecular weight excluding hydrogens is 410 g/mol. The van der Waals surface area contributed by atoms with Gasteiger partial charge in [-0.2, -0.15) is 0 Å². The van der Waals surface area contributed by atoms with E-state index < -0.39 is 0 Å². The van der Waals surface area contributed by atoms with Crippen molar-refractivity contribution >= 4 is 22.7 Å². The molecule has 8 nitrogen and oxygen atoms in total. The van der Waals surface area contributed by atoms with E-state index >= 15 is 0 Å². The third-order valence-electron chi connectivity index (χ3n) is 6.27. The van der Waals surface area contributed by atoms with Crippen molar-refractivity contribution in [3.63, 3.8) is 0 Å². The number of nitrogens with zero attached hydrogens (tertiary/aromatic N) is 3. The maximum atomic E-state index is 12.6. The normalized spacial score (nSPS) is 16.0. The van der Waals surface area contributed by atoms with E-state index in [0.29, 0.717) is 29.1 Å². The topological polar surface area (TPSA) is 83.0 Å². The highest BCUT2D eigenvalue weighted by molar-refractivity contribution is 6.11. The lowest BCUT2D eigenvalue weighted by atomic mass is 9.91. The van der Waals surface area contributed by atoms with Crippen LogP contribution in [0.5, 0.6) is 11.5 Å². The van der Waals surface area contributed by atoms with Gasteiger partial charge in [0.15, 0.2) is 11.5 Å². The van der Waals surface area contributed by atoms with E-state index in [1.165, 1.54) is 0 Å². The second-order valence-corrected chi connectivity index (χ2v) is 8.02. The SMILES string of the molecule is COc1cc2cc3c(c(-c4cnc(N(C)C5CCOCC5)nc4)c2cc1OC)C(=O)OC3. The first-order valence-corrected chi connectivity index (χ1v) is 10.6. The summed E-state index contributed by atoms with van der Waals surface area (Å²) in [5.41, 5.74) is 2.90. The van der Waals surface area contributed by atoms with Gasteiger partial charge >= 0.3 is 5.97 Å². The molecule has 5 rings (SSSR count). The van der Waals surface area contributed by atoms with Crippen LogP contribution in [0, 0.1) is 0 Å². The molecule has 0 saturated carbocycles. The van der Waals surface area contributed by atoms with Crippen molar-refractivity contribution in [2.45, 2.75) is 25.5 Å². The van der Waals surface area contributed by atoms with Crippen molar-refractivity contribution in [3.8, 4) is 22.6 Å². The van der Waals surface area contributed by atoms with Gasteiger partial charge in [0.1, 0.15) is 6.61 Å². The summed E-state index contributed by atoms with van der Waals surface area (Å²) in [6.07, 6.45) is 5.45. The number of carbonyl (C=O) groups excluding carboxylic acids is 1. The van der Waals surface area contributed by atoms with Gasteiger partial charge in [-0.15, -0.1) is 0 Å². The highest BCUT2D eigenvalue weighted by Gasteiger charge is 2.29. The van der Waals surface area contributed by atoms with Crippen LogP contribution in [0.4, 0.5) is 5.95 Å². The number of cyclic esters (lactones) is 1. The summed E-state index contributed by atoms with van der Waals surface area (Å²) >= 11 is 0. The minimum Gasteiger partial charge on any atom is -0.493 e. The second kappa shape index (κ2) is 8.27. The molecule has 0 aliphatic carbocycles. The van der Waals surface area contributed by atoms with Crippen LogP contribution < -0.4 is 14.4 Å². The van der Waals surface area contributed by atoms with Gasteiger partial charge in [0, 0.05) is 55.4 Å². The van der Waals surface area contributed by atoms with Gasteiger partial charge < -0.3 is 23.8 Å². The molecule has 0 radical (unpaired) electrons. The quantitative estimate of drug-likeness (QED) is 0.562. The van der Waals surface area contributed by atoms with Crippen LogP contribution >= 0.6 is 0 Å². The van der Waals surface area contributed by atoms with Crippen molar-refractivity contribution in [1.82, 2.24) is 9.97 Å². The number of aromatic nitrogens is 2. The molecule has 3 heterocycles. The molecule has 3 aromatic rings. The minimum absolute atomic E-state index is 0.247. The van der Waals surface area contributed by atoms with Crippen molar-refractivity contribution < 1.29 is 23.7 Å². The van der Waals surface area contributed by atoms with E-state index in [2.05, 4.69) is 14.9 Å². The molecule has 2 aliphatic rings. The number of rotatable bonds is 5. The van der Waals surface area contributed by atoms with Crippen LogP contribution in [0.3, 0.4) is 0 Å². The van der Waals surface area contributed by atoms with E-state index in [-0.39, 0.29) is 12.6 Å². The molecule has 166 valence electrons. The van der Waals surface area contributed by atoms with E-state index in [0.717, 1.165) is 53.5 Å². The van der Waals surface area contributed by atoms with E-state index in [1.807, 2.05) is 25.2 Å². The predicted molar refractivity (Wildman–Crippen MR) is 119 cm³/mol. The lowest BCUT2D eigenvalue weighted by molar-refractivity contribution is 0.0535. The minimum atomic E-state index is -0.338. The Morgan fingerprint density at radius 1 is 1.00 bits per heavy atom. The second-order valence-electron chi connectivity index (χ2n) is 8.02. The number of ether oxygens (including phenoxy) is 4. The van der Waals surface area contributed by atoms with Crippen LogP contribution in [-0.2, 0) is 16.1 Å². The lowest BCUT2D eigenvalue weighted by Crippen LogP contribution is -2.37. The smallest absolute Gasteiger partial charge is 0.339 e. The van der Waals surface area contributed by atoms with Crippen molar-refractivity contribution in [2.75, 3.05) is 39.4 Å². The molecule has 1 aromatic heterocycles.